The predicted molar refractivity (Wildman–Crippen MR) is 65.7 cm³/mol. The Morgan fingerprint density at radius 1 is 1.35 bits per heavy atom. The van der Waals surface area contributed by atoms with Crippen LogP contribution in [0.3, 0.4) is 0 Å². The van der Waals surface area contributed by atoms with Gasteiger partial charge in [0, 0.05) is 25.5 Å². The maximum Gasteiger partial charge on any atom is 0.451 e. The Morgan fingerprint density at radius 2 is 2.05 bits per heavy atom. The van der Waals surface area contributed by atoms with E-state index >= 15 is 0 Å². The van der Waals surface area contributed by atoms with Crippen molar-refractivity contribution >= 4 is 5.82 Å². The number of alkyl halides is 3. The SMILES string of the molecule is CCNc1cc(OC2CCOCC2)nc(C(F)(F)F)n1. The van der Waals surface area contributed by atoms with Crippen LogP contribution in [0.2, 0.25) is 0 Å². The Morgan fingerprint density at radius 3 is 2.65 bits per heavy atom. The van der Waals surface area contributed by atoms with E-state index in [4.69, 9.17) is 9.47 Å². The Hall–Kier alpha value is -1.57. The molecule has 0 aliphatic carbocycles. The van der Waals surface area contributed by atoms with Crippen molar-refractivity contribution in [2.45, 2.75) is 32.0 Å². The van der Waals surface area contributed by atoms with Crippen LogP contribution in [0.15, 0.2) is 6.07 Å². The van der Waals surface area contributed by atoms with Gasteiger partial charge in [-0.15, -0.1) is 0 Å². The van der Waals surface area contributed by atoms with Crippen LogP contribution in [0.4, 0.5) is 19.0 Å². The lowest BCUT2D eigenvalue weighted by molar-refractivity contribution is -0.145. The first-order chi connectivity index (χ1) is 9.49. The Labute approximate surface area is 114 Å². The molecule has 1 saturated heterocycles. The fraction of sp³-hybridized carbons (Fsp3) is 0.667. The van der Waals surface area contributed by atoms with Crippen molar-refractivity contribution in [2.24, 2.45) is 0 Å². The van der Waals surface area contributed by atoms with Gasteiger partial charge >= 0.3 is 6.18 Å². The average Bonchev–Trinajstić information content (AvgIpc) is 2.39. The third-order valence-corrected chi connectivity index (χ3v) is 2.77. The van der Waals surface area contributed by atoms with E-state index in [1.165, 1.54) is 6.07 Å². The van der Waals surface area contributed by atoms with Crippen molar-refractivity contribution in [2.75, 3.05) is 25.1 Å². The van der Waals surface area contributed by atoms with E-state index in [2.05, 4.69) is 15.3 Å². The summed E-state index contributed by atoms with van der Waals surface area (Å²) in [6.45, 7) is 3.32. The van der Waals surface area contributed by atoms with E-state index in [1.807, 2.05) is 0 Å². The van der Waals surface area contributed by atoms with Gasteiger partial charge in [0.2, 0.25) is 11.7 Å². The van der Waals surface area contributed by atoms with Gasteiger partial charge in [-0.1, -0.05) is 0 Å². The molecular weight excluding hydrogens is 275 g/mol. The minimum absolute atomic E-state index is 0.0600. The number of ether oxygens (including phenoxy) is 2. The van der Waals surface area contributed by atoms with Crippen LogP contribution in [-0.2, 0) is 10.9 Å². The van der Waals surface area contributed by atoms with Crippen LogP contribution in [0.1, 0.15) is 25.6 Å². The molecule has 1 aliphatic rings. The quantitative estimate of drug-likeness (QED) is 0.923. The van der Waals surface area contributed by atoms with Crippen LogP contribution in [-0.4, -0.2) is 35.8 Å². The van der Waals surface area contributed by atoms with E-state index in [-0.39, 0.29) is 17.8 Å². The average molecular weight is 291 g/mol. The van der Waals surface area contributed by atoms with Gasteiger partial charge < -0.3 is 14.8 Å². The molecule has 2 heterocycles. The van der Waals surface area contributed by atoms with Crippen LogP contribution in [0.25, 0.3) is 0 Å². The minimum Gasteiger partial charge on any atom is -0.474 e. The smallest absolute Gasteiger partial charge is 0.451 e. The van der Waals surface area contributed by atoms with Gasteiger partial charge in [0.25, 0.3) is 0 Å². The van der Waals surface area contributed by atoms with Crippen molar-refractivity contribution in [1.82, 2.24) is 9.97 Å². The topological polar surface area (TPSA) is 56.3 Å². The van der Waals surface area contributed by atoms with Crippen LogP contribution in [0, 0.1) is 0 Å². The molecule has 1 fully saturated rings. The molecular formula is C12H16F3N3O2. The first kappa shape index (κ1) is 14.8. The molecule has 1 N–H and O–H groups in total. The second-order valence-corrected chi connectivity index (χ2v) is 4.37. The molecule has 2 rings (SSSR count). The minimum atomic E-state index is -4.60. The molecule has 0 amide bonds. The fourth-order valence-corrected chi connectivity index (χ4v) is 1.85. The summed E-state index contributed by atoms with van der Waals surface area (Å²) < 4.78 is 48.9. The second kappa shape index (κ2) is 6.25. The van der Waals surface area contributed by atoms with E-state index in [0.717, 1.165) is 0 Å². The van der Waals surface area contributed by atoms with Gasteiger partial charge in [-0.05, 0) is 6.92 Å². The summed E-state index contributed by atoms with van der Waals surface area (Å²) in [5, 5.41) is 2.74. The lowest BCUT2D eigenvalue weighted by Crippen LogP contribution is -2.26. The van der Waals surface area contributed by atoms with Crippen LogP contribution in [0.5, 0.6) is 5.88 Å². The highest BCUT2D eigenvalue weighted by Crippen LogP contribution is 2.29. The first-order valence-corrected chi connectivity index (χ1v) is 6.43. The highest BCUT2D eigenvalue weighted by Gasteiger charge is 2.36. The van der Waals surface area contributed by atoms with Crippen molar-refractivity contribution in [3.63, 3.8) is 0 Å². The number of nitrogens with zero attached hydrogens (tertiary/aromatic N) is 2. The normalized spacial score (nSPS) is 17.0. The second-order valence-electron chi connectivity index (χ2n) is 4.37. The summed E-state index contributed by atoms with van der Waals surface area (Å²) in [6, 6.07) is 1.38. The summed E-state index contributed by atoms with van der Waals surface area (Å²) in [7, 11) is 0. The molecule has 0 radical (unpaired) electrons. The molecule has 1 aromatic heterocycles. The van der Waals surface area contributed by atoms with E-state index < -0.39 is 12.0 Å². The molecule has 5 nitrogen and oxygen atoms in total. The first-order valence-electron chi connectivity index (χ1n) is 6.43. The van der Waals surface area contributed by atoms with Gasteiger partial charge in [0.15, 0.2) is 0 Å². The Balaban J connectivity index is 2.19. The number of anilines is 1. The largest absolute Gasteiger partial charge is 0.474 e. The van der Waals surface area contributed by atoms with Crippen LogP contribution < -0.4 is 10.1 Å². The highest BCUT2D eigenvalue weighted by molar-refractivity contribution is 5.38. The number of aromatic nitrogens is 2. The number of rotatable bonds is 4. The molecule has 0 spiro atoms. The molecule has 0 saturated carbocycles. The van der Waals surface area contributed by atoms with E-state index in [9.17, 15) is 13.2 Å². The van der Waals surface area contributed by atoms with Crippen molar-refractivity contribution in [1.29, 1.82) is 0 Å². The van der Waals surface area contributed by atoms with Crippen molar-refractivity contribution in [3.05, 3.63) is 11.9 Å². The maximum atomic E-state index is 12.7. The summed E-state index contributed by atoms with van der Waals surface area (Å²) >= 11 is 0. The molecule has 112 valence electrons. The lowest BCUT2D eigenvalue weighted by Gasteiger charge is -2.23. The fourth-order valence-electron chi connectivity index (χ4n) is 1.85. The number of hydrogen-bond acceptors (Lipinski definition) is 5. The molecule has 0 aromatic carbocycles. The van der Waals surface area contributed by atoms with Gasteiger partial charge in [0.1, 0.15) is 11.9 Å². The Kier molecular flexibility index (Phi) is 4.64. The highest BCUT2D eigenvalue weighted by atomic mass is 19.4. The summed E-state index contributed by atoms with van der Waals surface area (Å²) in [5.74, 6) is -1.15. The summed E-state index contributed by atoms with van der Waals surface area (Å²) in [6.07, 6.45) is -3.49. The number of hydrogen-bond donors (Lipinski definition) is 1. The zero-order chi connectivity index (χ0) is 14.6. The van der Waals surface area contributed by atoms with Crippen molar-refractivity contribution in [3.8, 4) is 5.88 Å². The molecule has 8 heteroatoms. The van der Waals surface area contributed by atoms with Gasteiger partial charge in [-0.3, -0.25) is 0 Å². The molecule has 1 aromatic rings. The third-order valence-electron chi connectivity index (χ3n) is 2.77. The van der Waals surface area contributed by atoms with Gasteiger partial charge in [-0.2, -0.15) is 18.2 Å². The van der Waals surface area contributed by atoms with E-state index in [1.54, 1.807) is 6.92 Å². The number of nitrogens with one attached hydrogen (secondary N) is 1. The number of halogens is 3. The van der Waals surface area contributed by atoms with Crippen molar-refractivity contribution < 1.29 is 22.6 Å². The summed E-state index contributed by atoms with van der Waals surface area (Å²) in [5.41, 5.74) is 0. The monoisotopic (exact) mass is 291 g/mol. The molecule has 0 atom stereocenters. The molecule has 1 aliphatic heterocycles. The zero-order valence-electron chi connectivity index (χ0n) is 11.0. The zero-order valence-corrected chi connectivity index (χ0v) is 11.0. The van der Waals surface area contributed by atoms with Gasteiger partial charge in [0.05, 0.1) is 13.2 Å². The van der Waals surface area contributed by atoms with Crippen LogP contribution >= 0.6 is 0 Å². The van der Waals surface area contributed by atoms with E-state index in [0.29, 0.717) is 32.6 Å². The predicted octanol–water partition coefficient (Wildman–Crippen LogP) is 2.49. The third kappa shape index (κ3) is 3.96. The maximum absolute atomic E-state index is 12.7. The molecule has 0 unspecified atom stereocenters. The molecule has 0 bridgehead atoms. The standard InChI is InChI=1S/C12H16F3N3O2/c1-2-16-9-7-10(18-11(17-9)12(13,14)15)20-8-3-5-19-6-4-8/h7-8H,2-6H2,1H3,(H,16,17,18). The lowest BCUT2D eigenvalue weighted by atomic mass is 10.1. The summed E-state index contributed by atoms with van der Waals surface area (Å²) in [4.78, 5) is 6.88. The Bertz CT molecular complexity index is 448. The van der Waals surface area contributed by atoms with Gasteiger partial charge in [-0.25, -0.2) is 4.98 Å². The molecule has 20 heavy (non-hydrogen) atoms.